The molecular weight excluding hydrogens is 348 g/mol. The molecule has 5 rings (SSSR count). The van der Waals surface area contributed by atoms with Crippen LogP contribution in [-0.2, 0) is 6.42 Å². The second kappa shape index (κ2) is 6.99. The van der Waals surface area contributed by atoms with E-state index in [-0.39, 0.29) is 5.78 Å². The van der Waals surface area contributed by atoms with Crippen molar-refractivity contribution in [2.24, 2.45) is 5.92 Å². The van der Waals surface area contributed by atoms with E-state index in [1.807, 2.05) is 22.7 Å². The molecule has 142 valence electrons. The summed E-state index contributed by atoms with van der Waals surface area (Å²) >= 11 is 0. The molecule has 0 atom stereocenters. The van der Waals surface area contributed by atoms with Gasteiger partial charge in [-0.3, -0.25) is 14.2 Å². The highest BCUT2D eigenvalue weighted by molar-refractivity contribution is 5.95. The molecule has 0 N–H and O–H groups in total. The first kappa shape index (κ1) is 17.3. The molecule has 1 aliphatic carbocycles. The Morgan fingerprint density at radius 3 is 2.89 bits per heavy atom. The zero-order valence-electron chi connectivity index (χ0n) is 16.1. The van der Waals surface area contributed by atoms with Crippen LogP contribution in [0.1, 0.15) is 46.6 Å². The minimum Gasteiger partial charge on any atom is -0.306 e. The topological polar surface area (TPSA) is 50.5 Å². The molecule has 0 aromatic carbocycles. The van der Waals surface area contributed by atoms with Crippen molar-refractivity contribution in [2.75, 3.05) is 20.1 Å². The van der Waals surface area contributed by atoms with E-state index in [4.69, 9.17) is 0 Å². The average molecular weight is 372 g/mol. The highest BCUT2D eigenvalue weighted by atomic mass is 16.1. The Labute approximate surface area is 164 Å². The number of rotatable bonds is 4. The maximum atomic E-state index is 13.0. The Bertz CT molecular complexity index is 1070. The van der Waals surface area contributed by atoms with Gasteiger partial charge in [0.25, 0.3) is 0 Å². The number of fused-ring (bicyclic) bond motifs is 2. The molecule has 1 aliphatic heterocycles. The van der Waals surface area contributed by atoms with Crippen LogP contribution in [0.4, 0.5) is 0 Å². The Kier molecular flexibility index (Phi) is 4.32. The van der Waals surface area contributed by atoms with Gasteiger partial charge in [-0.25, -0.2) is 4.98 Å². The van der Waals surface area contributed by atoms with Crippen LogP contribution >= 0.6 is 0 Å². The third-order valence-electron chi connectivity index (χ3n) is 6.09. The number of hydrogen-bond donors (Lipinski definition) is 0. The second-order valence-corrected chi connectivity index (χ2v) is 7.98. The summed E-state index contributed by atoms with van der Waals surface area (Å²) in [4.78, 5) is 24.3. The van der Waals surface area contributed by atoms with E-state index in [9.17, 15) is 4.79 Å². The fourth-order valence-electron chi connectivity index (χ4n) is 4.41. The second-order valence-electron chi connectivity index (χ2n) is 7.98. The Balaban J connectivity index is 1.44. The van der Waals surface area contributed by atoms with Crippen LogP contribution in [0, 0.1) is 5.92 Å². The van der Waals surface area contributed by atoms with Crippen LogP contribution in [0.2, 0.25) is 0 Å². The van der Waals surface area contributed by atoms with E-state index >= 15 is 0 Å². The molecular formula is C23H24N4O. The number of allylic oxidation sites excluding steroid dienone is 1. The van der Waals surface area contributed by atoms with Crippen LogP contribution in [-0.4, -0.2) is 45.2 Å². The van der Waals surface area contributed by atoms with Crippen molar-refractivity contribution in [1.82, 2.24) is 19.3 Å². The Morgan fingerprint density at radius 2 is 2.04 bits per heavy atom. The van der Waals surface area contributed by atoms with Crippen LogP contribution in [0.15, 0.2) is 48.9 Å². The van der Waals surface area contributed by atoms with Gasteiger partial charge in [0.15, 0.2) is 5.78 Å². The number of carbonyl (C=O) groups is 1. The highest BCUT2D eigenvalue weighted by Gasteiger charge is 2.23. The maximum absolute atomic E-state index is 13.0. The molecule has 2 aliphatic rings. The lowest BCUT2D eigenvalue weighted by Crippen LogP contribution is -2.31. The molecule has 3 aromatic heterocycles. The molecule has 0 saturated carbocycles. The van der Waals surface area contributed by atoms with Crippen molar-refractivity contribution in [3.05, 3.63) is 71.4 Å². The van der Waals surface area contributed by atoms with E-state index in [1.54, 1.807) is 6.20 Å². The van der Waals surface area contributed by atoms with Crippen LogP contribution in [0.25, 0.3) is 11.2 Å². The molecule has 1 saturated heterocycles. The zero-order valence-corrected chi connectivity index (χ0v) is 16.1. The summed E-state index contributed by atoms with van der Waals surface area (Å²) in [5, 5.41) is 0. The fraction of sp³-hybridized carbons (Fsp3) is 0.348. The summed E-state index contributed by atoms with van der Waals surface area (Å²) in [5.74, 6) is 0.676. The third-order valence-corrected chi connectivity index (χ3v) is 6.09. The summed E-state index contributed by atoms with van der Waals surface area (Å²) in [6.45, 7) is 2.16. The van der Waals surface area contributed by atoms with Gasteiger partial charge in [-0.05, 0) is 68.2 Å². The first-order chi connectivity index (χ1) is 13.7. The van der Waals surface area contributed by atoms with E-state index < -0.39 is 0 Å². The number of hydrogen-bond acceptors (Lipinski definition) is 4. The predicted molar refractivity (Wildman–Crippen MR) is 109 cm³/mol. The molecule has 28 heavy (non-hydrogen) atoms. The lowest BCUT2D eigenvalue weighted by molar-refractivity contribution is 0.0930. The number of Topliss-reactive ketones (excluding diaryl/α,β-unsaturated/α-hetero) is 1. The highest BCUT2D eigenvalue weighted by Crippen LogP contribution is 2.32. The number of imidazole rings is 1. The lowest BCUT2D eigenvalue weighted by atomic mass is 9.91. The molecule has 1 fully saturated rings. The van der Waals surface area contributed by atoms with Gasteiger partial charge in [0, 0.05) is 30.8 Å². The normalized spacial score (nSPS) is 17.7. The van der Waals surface area contributed by atoms with E-state index in [0.717, 1.165) is 49.3 Å². The van der Waals surface area contributed by atoms with Crippen LogP contribution in [0.3, 0.4) is 0 Å². The van der Waals surface area contributed by atoms with Crippen LogP contribution in [0.5, 0.6) is 0 Å². The zero-order chi connectivity index (χ0) is 19.1. The molecule has 0 unspecified atom stereocenters. The average Bonchev–Trinajstić information content (AvgIpc) is 3.33. The first-order valence-electron chi connectivity index (χ1n) is 10.0. The SMILES string of the molecule is CN1CCC(CC(=O)c2cnc3ccc(C4=CCc5ncccc54)cn23)CC1. The van der Waals surface area contributed by atoms with Gasteiger partial charge in [-0.2, -0.15) is 0 Å². The fourth-order valence-corrected chi connectivity index (χ4v) is 4.41. The largest absolute Gasteiger partial charge is 0.306 e. The van der Waals surface area contributed by atoms with E-state index in [1.165, 1.54) is 11.1 Å². The number of pyridine rings is 2. The Hall–Kier alpha value is -2.79. The minimum absolute atomic E-state index is 0.196. The predicted octanol–water partition coefficient (Wildman–Crippen LogP) is 3.63. The van der Waals surface area contributed by atoms with Crippen LogP contribution < -0.4 is 0 Å². The van der Waals surface area contributed by atoms with Crippen molar-refractivity contribution in [1.29, 1.82) is 0 Å². The Morgan fingerprint density at radius 1 is 1.18 bits per heavy atom. The van der Waals surface area contributed by atoms with Crippen molar-refractivity contribution in [3.8, 4) is 0 Å². The number of carbonyl (C=O) groups excluding carboxylic acids is 1. The van der Waals surface area contributed by atoms with Gasteiger partial charge >= 0.3 is 0 Å². The van der Waals surface area contributed by atoms with E-state index in [2.05, 4.69) is 46.3 Å². The number of ketones is 1. The number of nitrogens with zero attached hydrogens (tertiary/aromatic N) is 4. The molecule has 4 heterocycles. The lowest BCUT2D eigenvalue weighted by Gasteiger charge is -2.28. The van der Waals surface area contributed by atoms with Gasteiger partial charge < -0.3 is 4.90 Å². The quantitative estimate of drug-likeness (QED) is 0.656. The maximum Gasteiger partial charge on any atom is 0.181 e. The number of piperidine rings is 1. The summed E-state index contributed by atoms with van der Waals surface area (Å²) in [6.07, 6.45) is 11.5. The number of aromatic nitrogens is 3. The third kappa shape index (κ3) is 3.06. The van der Waals surface area contributed by atoms with Crippen molar-refractivity contribution < 1.29 is 4.79 Å². The van der Waals surface area contributed by atoms with Gasteiger partial charge in [-0.15, -0.1) is 0 Å². The summed E-state index contributed by atoms with van der Waals surface area (Å²) in [5.41, 5.74) is 6.10. The van der Waals surface area contributed by atoms with Crippen molar-refractivity contribution in [2.45, 2.75) is 25.7 Å². The van der Waals surface area contributed by atoms with Crippen molar-refractivity contribution >= 4 is 17.0 Å². The van der Waals surface area contributed by atoms with Gasteiger partial charge in [0.1, 0.15) is 11.3 Å². The summed E-state index contributed by atoms with van der Waals surface area (Å²) in [7, 11) is 2.15. The monoisotopic (exact) mass is 372 g/mol. The summed E-state index contributed by atoms with van der Waals surface area (Å²) < 4.78 is 1.96. The van der Waals surface area contributed by atoms with Crippen molar-refractivity contribution in [3.63, 3.8) is 0 Å². The number of likely N-dealkylation sites (tertiary alicyclic amines) is 1. The van der Waals surface area contributed by atoms with E-state index in [0.29, 0.717) is 18.0 Å². The molecule has 0 bridgehead atoms. The first-order valence-corrected chi connectivity index (χ1v) is 10.0. The minimum atomic E-state index is 0.196. The van der Waals surface area contributed by atoms with Gasteiger partial charge in [0.2, 0.25) is 0 Å². The smallest absolute Gasteiger partial charge is 0.181 e. The molecule has 0 radical (unpaired) electrons. The molecule has 3 aromatic rings. The molecule has 0 spiro atoms. The standard InChI is InChI=1S/C23H24N4O/c1-26-11-8-16(9-12-26)13-22(28)21-14-25-23-7-4-17(15-27(21)23)18-5-6-20-19(18)3-2-10-24-20/h2-5,7,10,14-16H,6,8-9,11-13H2,1H3. The molecule has 5 heteroatoms. The van der Waals surface area contributed by atoms with Gasteiger partial charge in [-0.1, -0.05) is 12.1 Å². The molecule has 0 amide bonds. The summed E-state index contributed by atoms with van der Waals surface area (Å²) in [6, 6.07) is 8.17. The van der Waals surface area contributed by atoms with Gasteiger partial charge in [0.05, 0.1) is 11.9 Å². The molecule has 5 nitrogen and oxygen atoms in total.